The molecule has 1 atom stereocenters. The first-order valence-corrected chi connectivity index (χ1v) is 4.37. The molecule has 0 spiro atoms. The van der Waals surface area contributed by atoms with Crippen molar-refractivity contribution in [1.82, 2.24) is 20.4 Å². The lowest BCUT2D eigenvalue weighted by Crippen LogP contribution is -2.33. The van der Waals surface area contributed by atoms with Gasteiger partial charge in [0.05, 0.1) is 0 Å². The minimum absolute atomic E-state index is 0.0121. The van der Waals surface area contributed by atoms with Crippen LogP contribution in [0.2, 0.25) is 0 Å². The SMILES string of the molecule is NCCc1nnc(CC(N)C(=O)O)nn1. The van der Waals surface area contributed by atoms with Gasteiger partial charge in [-0.2, -0.15) is 0 Å². The average molecular weight is 212 g/mol. The van der Waals surface area contributed by atoms with Crippen molar-refractivity contribution in [3.63, 3.8) is 0 Å². The number of carboxylic acid groups (broad SMARTS) is 1. The van der Waals surface area contributed by atoms with E-state index in [1.165, 1.54) is 0 Å². The molecule has 15 heavy (non-hydrogen) atoms. The summed E-state index contributed by atoms with van der Waals surface area (Å²) in [5, 5.41) is 23.4. The van der Waals surface area contributed by atoms with Crippen LogP contribution >= 0.6 is 0 Å². The zero-order chi connectivity index (χ0) is 11.3. The summed E-state index contributed by atoms with van der Waals surface area (Å²) < 4.78 is 0. The fourth-order valence-corrected chi connectivity index (χ4v) is 0.866. The van der Waals surface area contributed by atoms with Crippen molar-refractivity contribution in [3.8, 4) is 0 Å². The summed E-state index contributed by atoms with van der Waals surface area (Å²) in [5.41, 5.74) is 10.6. The van der Waals surface area contributed by atoms with Gasteiger partial charge in [0.2, 0.25) is 0 Å². The molecular formula is C7H12N6O2. The maximum Gasteiger partial charge on any atom is 0.320 e. The second kappa shape index (κ2) is 5.27. The van der Waals surface area contributed by atoms with Crippen LogP contribution in [0.3, 0.4) is 0 Å². The highest BCUT2D eigenvalue weighted by molar-refractivity contribution is 5.73. The van der Waals surface area contributed by atoms with E-state index in [9.17, 15) is 4.79 Å². The van der Waals surface area contributed by atoms with Gasteiger partial charge in [0.15, 0.2) is 11.6 Å². The van der Waals surface area contributed by atoms with Crippen LogP contribution in [0.4, 0.5) is 0 Å². The Hall–Kier alpha value is -1.67. The smallest absolute Gasteiger partial charge is 0.320 e. The lowest BCUT2D eigenvalue weighted by atomic mass is 10.2. The molecule has 1 aromatic rings. The van der Waals surface area contributed by atoms with Gasteiger partial charge in [-0.05, 0) is 6.54 Å². The third-order valence-electron chi connectivity index (χ3n) is 1.65. The number of aromatic nitrogens is 4. The van der Waals surface area contributed by atoms with Crippen molar-refractivity contribution in [3.05, 3.63) is 11.6 Å². The predicted molar refractivity (Wildman–Crippen MR) is 49.7 cm³/mol. The molecule has 8 nitrogen and oxygen atoms in total. The van der Waals surface area contributed by atoms with Gasteiger partial charge in [-0.1, -0.05) is 0 Å². The molecule has 0 fully saturated rings. The summed E-state index contributed by atoms with van der Waals surface area (Å²) in [6.45, 7) is 0.414. The molecule has 1 aromatic heterocycles. The Morgan fingerprint density at radius 2 is 1.80 bits per heavy atom. The molecule has 8 heteroatoms. The number of carboxylic acids is 1. The summed E-state index contributed by atoms with van der Waals surface area (Å²) in [6.07, 6.45) is 0.503. The van der Waals surface area contributed by atoms with Crippen molar-refractivity contribution in [2.75, 3.05) is 6.54 Å². The standard InChI is InChI=1S/C7H12N6O2/c8-2-1-5-10-12-6(13-11-5)3-4(9)7(14)15/h4H,1-3,8-9H2,(H,14,15). The highest BCUT2D eigenvalue weighted by atomic mass is 16.4. The van der Waals surface area contributed by atoms with Crippen LogP contribution in [0.5, 0.6) is 0 Å². The lowest BCUT2D eigenvalue weighted by Gasteiger charge is -2.03. The van der Waals surface area contributed by atoms with Gasteiger partial charge in [-0.15, -0.1) is 20.4 Å². The number of hydrogen-bond donors (Lipinski definition) is 3. The average Bonchev–Trinajstić information content (AvgIpc) is 2.21. The molecule has 1 unspecified atom stereocenters. The van der Waals surface area contributed by atoms with Gasteiger partial charge in [-0.25, -0.2) is 0 Å². The highest BCUT2D eigenvalue weighted by Crippen LogP contribution is 1.93. The van der Waals surface area contributed by atoms with E-state index in [1.54, 1.807) is 0 Å². The Morgan fingerprint density at radius 1 is 1.27 bits per heavy atom. The zero-order valence-electron chi connectivity index (χ0n) is 8.00. The lowest BCUT2D eigenvalue weighted by molar-refractivity contribution is -0.138. The molecule has 0 aliphatic carbocycles. The molecule has 82 valence electrons. The van der Waals surface area contributed by atoms with Crippen LogP contribution in [0, 0.1) is 0 Å². The molecule has 0 saturated heterocycles. The maximum absolute atomic E-state index is 10.4. The van der Waals surface area contributed by atoms with Crippen molar-refractivity contribution in [1.29, 1.82) is 0 Å². The first-order chi connectivity index (χ1) is 7.13. The van der Waals surface area contributed by atoms with Crippen LogP contribution in [0.15, 0.2) is 0 Å². The number of rotatable bonds is 5. The van der Waals surface area contributed by atoms with E-state index in [-0.39, 0.29) is 12.2 Å². The molecule has 0 amide bonds. The quantitative estimate of drug-likeness (QED) is 0.495. The molecule has 0 aliphatic heterocycles. The normalized spacial score (nSPS) is 12.4. The maximum atomic E-state index is 10.4. The predicted octanol–water partition coefficient (Wildman–Crippen LogP) is -2.28. The molecule has 1 rings (SSSR count). The Balaban J connectivity index is 2.60. The number of aliphatic carboxylic acids is 1. The van der Waals surface area contributed by atoms with Gasteiger partial charge in [0, 0.05) is 12.8 Å². The molecule has 1 heterocycles. The first-order valence-electron chi connectivity index (χ1n) is 4.37. The van der Waals surface area contributed by atoms with Crippen molar-refractivity contribution in [2.24, 2.45) is 11.5 Å². The van der Waals surface area contributed by atoms with E-state index in [2.05, 4.69) is 20.4 Å². The second-order valence-electron chi connectivity index (χ2n) is 2.92. The summed E-state index contributed by atoms with van der Waals surface area (Å²) in [4.78, 5) is 10.4. The van der Waals surface area contributed by atoms with E-state index in [0.717, 1.165) is 0 Å². The van der Waals surface area contributed by atoms with Gasteiger partial charge < -0.3 is 16.6 Å². The molecular weight excluding hydrogens is 200 g/mol. The Morgan fingerprint density at radius 3 is 2.27 bits per heavy atom. The largest absolute Gasteiger partial charge is 0.480 e. The van der Waals surface area contributed by atoms with Gasteiger partial charge in [0.25, 0.3) is 0 Å². The van der Waals surface area contributed by atoms with E-state index >= 15 is 0 Å². The van der Waals surface area contributed by atoms with Crippen LogP contribution in [0.25, 0.3) is 0 Å². The molecule has 0 aliphatic rings. The Labute approximate surface area is 85.7 Å². The third kappa shape index (κ3) is 3.52. The topological polar surface area (TPSA) is 141 Å². The summed E-state index contributed by atoms with van der Waals surface area (Å²) in [6, 6.07) is -1.03. The number of hydrogen-bond acceptors (Lipinski definition) is 7. The molecule has 0 bridgehead atoms. The van der Waals surface area contributed by atoms with Crippen LogP contribution < -0.4 is 11.5 Å². The summed E-state index contributed by atoms with van der Waals surface area (Å²) >= 11 is 0. The van der Waals surface area contributed by atoms with Gasteiger partial charge >= 0.3 is 5.97 Å². The van der Waals surface area contributed by atoms with Crippen LogP contribution in [-0.4, -0.2) is 44.1 Å². The Bertz CT molecular complexity index is 327. The van der Waals surface area contributed by atoms with E-state index in [4.69, 9.17) is 16.6 Å². The van der Waals surface area contributed by atoms with Crippen molar-refractivity contribution < 1.29 is 9.90 Å². The zero-order valence-corrected chi connectivity index (χ0v) is 8.00. The monoisotopic (exact) mass is 212 g/mol. The fourth-order valence-electron chi connectivity index (χ4n) is 0.866. The molecule has 0 saturated carbocycles. The van der Waals surface area contributed by atoms with E-state index < -0.39 is 12.0 Å². The van der Waals surface area contributed by atoms with E-state index in [1.807, 2.05) is 0 Å². The minimum Gasteiger partial charge on any atom is -0.480 e. The number of carbonyl (C=O) groups is 1. The van der Waals surface area contributed by atoms with Crippen molar-refractivity contribution >= 4 is 5.97 Å². The number of nitrogens with two attached hydrogens (primary N) is 2. The fraction of sp³-hybridized carbons (Fsp3) is 0.571. The number of nitrogens with zero attached hydrogens (tertiary/aromatic N) is 4. The second-order valence-corrected chi connectivity index (χ2v) is 2.92. The van der Waals surface area contributed by atoms with Crippen molar-refractivity contribution in [2.45, 2.75) is 18.9 Å². The summed E-state index contributed by atoms with van der Waals surface area (Å²) in [5.74, 6) is -0.458. The first kappa shape index (κ1) is 11.4. The third-order valence-corrected chi connectivity index (χ3v) is 1.65. The minimum atomic E-state index is -1.11. The van der Waals surface area contributed by atoms with Crippen LogP contribution in [-0.2, 0) is 17.6 Å². The van der Waals surface area contributed by atoms with Gasteiger partial charge in [-0.3, -0.25) is 4.79 Å². The van der Waals surface area contributed by atoms with E-state index in [0.29, 0.717) is 18.8 Å². The Kier molecular flexibility index (Phi) is 4.01. The molecule has 0 radical (unpaired) electrons. The molecule has 0 aromatic carbocycles. The van der Waals surface area contributed by atoms with Gasteiger partial charge in [0.1, 0.15) is 6.04 Å². The summed E-state index contributed by atoms with van der Waals surface area (Å²) in [7, 11) is 0. The van der Waals surface area contributed by atoms with Crippen LogP contribution in [0.1, 0.15) is 11.6 Å². The highest BCUT2D eigenvalue weighted by Gasteiger charge is 2.14. The molecule has 5 N–H and O–H groups in total.